The second kappa shape index (κ2) is 9.29. The Morgan fingerprint density at radius 2 is 1.83 bits per heavy atom. The molecular weight excluding hydrogens is 220 g/mol. The lowest BCUT2D eigenvalue weighted by molar-refractivity contribution is 0.251. The van der Waals surface area contributed by atoms with E-state index in [1.165, 1.54) is 5.57 Å². The molecule has 0 heterocycles. The van der Waals surface area contributed by atoms with Crippen molar-refractivity contribution >= 4 is 0 Å². The third-order valence-electron chi connectivity index (χ3n) is 2.45. The van der Waals surface area contributed by atoms with Gasteiger partial charge in [0.05, 0.1) is 0 Å². The van der Waals surface area contributed by atoms with E-state index in [1.54, 1.807) is 0 Å². The highest BCUT2D eigenvalue weighted by Gasteiger charge is 1.99. The van der Waals surface area contributed by atoms with Gasteiger partial charge < -0.3 is 4.74 Å². The number of ether oxygens (including phenoxy) is 1. The summed E-state index contributed by atoms with van der Waals surface area (Å²) in [5.41, 5.74) is 1.30. The molecule has 18 heavy (non-hydrogen) atoms. The highest BCUT2D eigenvalue weighted by atomic mass is 16.5. The molecule has 96 valence electrons. The van der Waals surface area contributed by atoms with Crippen molar-refractivity contribution in [1.82, 2.24) is 0 Å². The Labute approximate surface area is 111 Å². The van der Waals surface area contributed by atoms with E-state index in [1.807, 2.05) is 38.2 Å². The predicted molar refractivity (Wildman–Crippen MR) is 79.3 cm³/mol. The van der Waals surface area contributed by atoms with Crippen molar-refractivity contribution in [2.24, 2.45) is 0 Å². The molecule has 0 saturated heterocycles. The maximum Gasteiger partial charge on any atom is 0.119 e. The molecule has 0 N–H and O–H groups in total. The summed E-state index contributed by atoms with van der Waals surface area (Å²) >= 11 is 0. The molecule has 0 aromatic heterocycles. The molecule has 1 nitrogen and oxygen atoms in total. The minimum Gasteiger partial charge on any atom is -0.489 e. The van der Waals surface area contributed by atoms with Gasteiger partial charge in [-0.2, -0.15) is 0 Å². The summed E-state index contributed by atoms with van der Waals surface area (Å²) in [7, 11) is 0. The highest BCUT2D eigenvalue weighted by molar-refractivity contribution is 5.26. The Morgan fingerprint density at radius 3 is 2.72 bits per heavy atom. The number of hydrogen-bond acceptors (Lipinski definition) is 1. The summed E-state index contributed by atoms with van der Waals surface area (Å²) in [6, 6.07) is 0. The summed E-state index contributed by atoms with van der Waals surface area (Å²) in [4.78, 5) is 0. The SMILES string of the molecule is C1=CC=C(COC2=CC=CCC=C2)CC=C1.CC. The van der Waals surface area contributed by atoms with Crippen LogP contribution < -0.4 is 0 Å². The number of allylic oxidation sites excluding steroid dienone is 10. The van der Waals surface area contributed by atoms with Gasteiger partial charge in [0.2, 0.25) is 0 Å². The molecule has 0 saturated carbocycles. The van der Waals surface area contributed by atoms with E-state index in [-0.39, 0.29) is 0 Å². The molecule has 0 aliphatic heterocycles. The lowest BCUT2D eigenvalue weighted by Crippen LogP contribution is -1.96. The predicted octanol–water partition coefficient (Wildman–Crippen LogP) is 4.87. The zero-order chi connectivity index (χ0) is 13.1. The van der Waals surface area contributed by atoms with Crippen molar-refractivity contribution in [1.29, 1.82) is 0 Å². The molecule has 2 aliphatic rings. The Morgan fingerprint density at radius 1 is 0.944 bits per heavy atom. The number of hydrogen-bond donors (Lipinski definition) is 0. The van der Waals surface area contributed by atoms with E-state index in [4.69, 9.17) is 4.74 Å². The van der Waals surface area contributed by atoms with Crippen LogP contribution in [0.5, 0.6) is 0 Å². The van der Waals surface area contributed by atoms with Crippen LogP contribution in [-0.4, -0.2) is 6.61 Å². The van der Waals surface area contributed by atoms with Crippen LogP contribution in [0.25, 0.3) is 0 Å². The Kier molecular flexibility index (Phi) is 7.38. The van der Waals surface area contributed by atoms with Crippen LogP contribution >= 0.6 is 0 Å². The first-order valence-corrected chi connectivity index (χ1v) is 6.62. The first-order chi connectivity index (χ1) is 8.95. The molecule has 2 rings (SSSR count). The smallest absolute Gasteiger partial charge is 0.119 e. The molecule has 0 radical (unpaired) electrons. The third-order valence-corrected chi connectivity index (χ3v) is 2.45. The van der Waals surface area contributed by atoms with Gasteiger partial charge in [-0.3, -0.25) is 0 Å². The van der Waals surface area contributed by atoms with Gasteiger partial charge in [-0.15, -0.1) is 0 Å². The quantitative estimate of drug-likeness (QED) is 0.686. The average molecular weight is 242 g/mol. The van der Waals surface area contributed by atoms with Gasteiger partial charge in [-0.05, 0) is 30.6 Å². The summed E-state index contributed by atoms with van der Waals surface area (Å²) in [5.74, 6) is 0.937. The van der Waals surface area contributed by atoms with Gasteiger partial charge in [-0.1, -0.05) is 62.5 Å². The van der Waals surface area contributed by atoms with Crippen molar-refractivity contribution in [2.75, 3.05) is 6.61 Å². The van der Waals surface area contributed by atoms with Crippen molar-refractivity contribution in [3.63, 3.8) is 0 Å². The molecule has 0 bridgehead atoms. The van der Waals surface area contributed by atoms with Crippen molar-refractivity contribution < 1.29 is 4.74 Å². The van der Waals surface area contributed by atoms with Crippen LogP contribution in [0.4, 0.5) is 0 Å². The largest absolute Gasteiger partial charge is 0.489 e. The standard InChI is InChI=1S/C15H16O.C2H6/c1-2-6-10-14(9-5-1)13-16-15-11-7-3-4-8-12-15;1-2/h1-3,5-9,11-12H,4,10,13H2;1-2H3. The average Bonchev–Trinajstić information content (AvgIpc) is 2.83. The van der Waals surface area contributed by atoms with Crippen LogP contribution in [0.2, 0.25) is 0 Å². The molecule has 0 spiro atoms. The van der Waals surface area contributed by atoms with Crippen LogP contribution in [0.3, 0.4) is 0 Å². The molecule has 0 atom stereocenters. The zero-order valence-corrected chi connectivity index (χ0v) is 11.3. The Bertz CT molecular complexity index is 403. The monoisotopic (exact) mass is 242 g/mol. The van der Waals surface area contributed by atoms with Gasteiger partial charge in [0, 0.05) is 0 Å². The summed E-state index contributed by atoms with van der Waals surface area (Å²) in [5, 5.41) is 0. The van der Waals surface area contributed by atoms with Crippen LogP contribution in [0.15, 0.2) is 72.1 Å². The maximum atomic E-state index is 5.74. The fourth-order valence-corrected chi connectivity index (χ4v) is 1.56. The molecule has 0 aromatic carbocycles. The first kappa shape index (κ1) is 14.3. The minimum atomic E-state index is 0.665. The van der Waals surface area contributed by atoms with Crippen molar-refractivity contribution in [2.45, 2.75) is 26.7 Å². The summed E-state index contributed by atoms with van der Waals surface area (Å²) in [6.45, 7) is 4.67. The highest BCUT2D eigenvalue weighted by Crippen LogP contribution is 2.12. The van der Waals surface area contributed by atoms with E-state index < -0.39 is 0 Å². The second-order valence-electron chi connectivity index (χ2n) is 3.77. The van der Waals surface area contributed by atoms with Gasteiger partial charge >= 0.3 is 0 Å². The summed E-state index contributed by atoms with van der Waals surface area (Å²) in [6.07, 6.45) is 22.7. The lowest BCUT2D eigenvalue weighted by atomic mass is 10.2. The van der Waals surface area contributed by atoms with Gasteiger partial charge in [0.1, 0.15) is 12.4 Å². The first-order valence-electron chi connectivity index (χ1n) is 6.62. The molecule has 1 heteroatoms. The normalized spacial score (nSPS) is 17.0. The molecule has 0 aromatic rings. The third kappa shape index (κ3) is 5.53. The van der Waals surface area contributed by atoms with Gasteiger partial charge in [0.15, 0.2) is 0 Å². The van der Waals surface area contributed by atoms with Crippen molar-refractivity contribution in [3.8, 4) is 0 Å². The van der Waals surface area contributed by atoms with Gasteiger partial charge in [0.25, 0.3) is 0 Å². The van der Waals surface area contributed by atoms with Gasteiger partial charge in [-0.25, -0.2) is 0 Å². The zero-order valence-electron chi connectivity index (χ0n) is 11.3. The fourth-order valence-electron chi connectivity index (χ4n) is 1.56. The summed E-state index contributed by atoms with van der Waals surface area (Å²) < 4.78 is 5.74. The molecule has 0 fully saturated rings. The minimum absolute atomic E-state index is 0.665. The van der Waals surface area contributed by atoms with E-state index in [2.05, 4.69) is 36.5 Å². The fraction of sp³-hybridized carbons (Fsp3) is 0.294. The molecule has 2 aliphatic carbocycles. The van der Waals surface area contributed by atoms with E-state index >= 15 is 0 Å². The van der Waals surface area contributed by atoms with E-state index in [0.717, 1.165) is 18.6 Å². The van der Waals surface area contributed by atoms with E-state index in [9.17, 15) is 0 Å². The topological polar surface area (TPSA) is 9.23 Å². The second-order valence-corrected chi connectivity index (χ2v) is 3.77. The van der Waals surface area contributed by atoms with Crippen molar-refractivity contribution in [3.05, 3.63) is 72.1 Å². The van der Waals surface area contributed by atoms with Crippen LogP contribution in [0, 0.1) is 0 Å². The Hall–Kier alpha value is -1.76. The Balaban J connectivity index is 0.000000771. The van der Waals surface area contributed by atoms with E-state index in [0.29, 0.717) is 6.61 Å². The van der Waals surface area contributed by atoms with Crippen LogP contribution in [-0.2, 0) is 4.74 Å². The number of rotatable bonds is 3. The van der Waals surface area contributed by atoms with Crippen LogP contribution in [0.1, 0.15) is 26.7 Å². The lowest BCUT2D eigenvalue weighted by Gasteiger charge is -2.07. The molecule has 0 amide bonds. The molecular formula is C17H22O. The molecule has 0 unspecified atom stereocenters. The maximum absolute atomic E-state index is 5.74.